The van der Waals surface area contributed by atoms with Gasteiger partial charge in [0.05, 0.1) is 6.04 Å². The predicted molar refractivity (Wildman–Crippen MR) is 65.0 cm³/mol. The van der Waals surface area contributed by atoms with Crippen LogP contribution < -0.4 is 10.1 Å². The van der Waals surface area contributed by atoms with E-state index in [0.717, 1.165) is 19.4 Å². The molecule has 1 atom stereocenters. The average molecular weight is 263 g/mol. The number of ether oxygens (including phenoxy) is 1. The van der Waals surface area contributed by atoms with Crippen molar-refractivity contribution in [3.63, 3.8) is 0 Å². The zero-order valence-corrected chi connectivity index (χ0v) is 10.3. The predicted octanol–water partition coefficient (Wildman–Crippen LogP) is 2.21. The highest BCUT2D eigenvalue weighted by Crippen LogP contribution is 2.20. The second kappa shape index (κ2) is 5.36. The zero-order valence-electron chi connectivity index (χ0n) is 10.3. The highest BCUT2D eigenvalue weighted by molar-refractivity contribution is 5.22. The summed E-state index contributed by atoms with van der Waals surface area (Å²) < 4.78 is 23.3. The van der Waals surface area contributed by atoms with Gasteiger partial charge in [-0.1, -0.05) is 5.16 Å². The molecule has 3 rings (SSSR count). The molecule has 0 unspecified atom stereocenters. The lowest BCUT2D eigenvalue weighted by atomic mass is 10.2. The third kappa shape index (κ3) is 2.90. The molecule has 0 radical (unpaired) electrons. The van der Waals surface area contributed by atoms with Crippen molar-refractivity contribution < 1.29 is 13.7 Å². The van der Waals surface area contributed by atoms with Gasteiger partial charge in [0.25, 0.3) is 5.89 Å². The third-order valence-corrected chi connectivity index (χ3v) is 3.03. The van der Waals surface area contributed by atoms with E-state index in [0.29, 0.717) is 17.5 Å². The summed E-state index contributed by atoms with van der Waals surface area (Å²) in [4.78, 5) is 4.29. The summed E-state index contributed by atoms with van der Waals surface area (Å²) >= 11 is 0. The molecule has 100 valence electrons. The Morgan fingerprint density at radius 3 is 2.95 bits per heavy atom. The molecule has 1 N–H and O–H groups in total. The Balaban J connectivity index is 1.59. The first-order valence-electron chi connectivity index (χ1n) is 6.25. The van der Waals surface area contributed by atoms with Gasteiger partial charge in [-0.3, -0.25) is 0 Å². The van der Waals surface area contributed by atoms with E-state index in [2.05, 4.69) is 15.5 Å². The van der Waals surface area contributed by atoms with E-state index in [1.165, 1.54) is 12.1 Å². The van der Waals surface area contributed by atoms with E-state index < -0.39 is 0 Å². The van der Waals surface area contributed by atoms with E-state index in [4.69, 9.17) is 9.26 Å². The summed E-state index contributed by atoms with van der Waals surface area (Å²) in [5.41, 5.74) is 0. The van der Waals surface area contributed by atoms with Crippen molar-refractivity contribution >= 4 is 0 Å². The summed E-state index contributed by atoms with van der Waals surface area (Å²) in [6, 6.07) is 5.99. The van der Waals surface area contributed by atoms with E-state index in [-0.39, 0.29) is 18.5 Å². The number of aromatic nitrogens is 2. The number of hydrogen-bond donors (Lipinski definition) is 1. The Hall–Kier alpha value is -1.95. The van der Waals surface area contributed by atoms with Crippen LogP contribution >= 0.6 is 0 Å². The van der Waals surface area contributed by atoms with Crippen LogP contribution in [0.15, 0.2) is 28.8 Å². The summed E-state index contributed by atoms with van der Waals surface area (Å²) in [7, 11) is 0. The Labute approximate surface area is 109 Å². The Morgan fingerprint density at radius 2 is 2.21 bits per heavy atom. The van der Waals surface area contributed by atoms with Gasteiger partial charge in [-0.2, -0.15) is 4.98 Å². The number of hydrogen-bond acceptors (Lipinski definition) is 5. The van der Waals surface area contributed by atoms with Crippen LogP contribution in [0, 0.1) is 5.82 Å². The van der Waals surface area contributed by atoms with Crippen LogP contribution in [0.3, 0.4) is 0 Å². The minimum absolute atomic E-state index is 0.184. The normalized spacial score (nSPS) is 18.7. The number of rotatable bonds is 4. The lowest BCUT2D eigenvalue weighted by molar-refractivity contribution is 0.242. The lowest BCUT2D eigenvalue weighted by Crippen LogP contribution is -2.14. The molecule has 2 aromatic rings. The third-order valence-electron chi connectivity index (χ3n) is 3.03. The van der Waals surface area contributed by atoms with Crippen molar-refractivity contribution in [2.24, 2.45) is 0 Å². The summed E-state index contributed by atoms with van der Waals surface area (Å²) in [6.45, 7) is 1.17. The maximum absolute atomic E-state index is 12.7. The average Bonchev–Trinajstić information content (AvgIpc) is 3.09. The number of nitrogens with one attached hydrogen (secondary N) is 1. The van der Waals surface area contributed by atoms with Gasteiger partial charge < -0.3 is 14.6 Å². The lowest BCUT2D eigenvalue weighted by Gasteiger charge is -2.03. The van der Waals surface area contributed by atoms with E-state index in [1.807, 2.05) is 0 Å². The monoisotopic (exact) mass is 263 g/mol. The standard InChI is InChI=1S/C13H14FN3O2/c14-9-3-5-10(6-4-9)18-8-12-16-13(17-19-12)11-2-1-7-15-11/h3-6,11,15H,1-2,7-8H2/t11-/m0/s1. The van der Waals surface area contributed by atoms with Crippen molar-refractivity contribution in [1.29, 1.82) is 0 Å². The molecule has 1 aromatic heterocycles. The fourth-order valence-electron chi connectivity index (χ4n) is 2.05. The van der Waals surface area contributed by atoms with Crippen molar-refractivity contribution in [2.75, 3.05) is 6.54 Å². The molecule has 1 fully saturated rings. The van der Waals surface area contributed by atoms with E-state index >= 15 is 0 Å². The van der Waals surface area contributed by atoms with Gasteiger partial charge in [-0.25, -0.2) is 4.39 Å². The second-order valence-electron chi connectivity index (χ2n) is 4.44. The molecular weight excluding hydrogens is 249 g/mol. The second-order valence-corrected chi connectivity index (χ2v) is 4.44. The molecule has 0 saturated carbocycles. The Bertz CT molecular complexity index is 535. The maximum Gasteiger partial charge on any atom is 0.264 e. The van der Waals surface area contributed by atoms with Gasteiger partial charge in [0.2, 0.25) is 0 Å². The van der Waals surface area contributed by atoms with Crippen LogP contribution in [0.4, 0.5) is 4.39 Å². The van der Waals surface area contributed by atoms with Crippen LogP contribution in [0.1, 0.15) is 30.6 Å². The van der Waals surface area contributed by atoms with Gasteiger partial charge in [0.15, 0.2) is 12.4 Å². The number of benzene rings is 1. The quantitative estimate of drug-likeness (QED) is 0.916. The molecule has 19 heavy (non-hydrogen) atoms. The van der Waals surface area contributed by atoms with E-state index in [9.17, 15) is 4.39 Å². The smallest absolute Gasteiger partial charge is 0.264 e. The highest BCUT2D eigenvalue weighted by Gasteiger charge is 2.21. The van der Waals surface area contributed by atoms with Gasteiger partial charge in [-0.15, -0.1) is 0 Å². The zero-order chi connectivity index (χ0) is 13.1. The van der Waals surface area contributed by atoms with Gasteiger partial charge >= 0.3 is 0 Å². The van der Waals surface area contributed by atoms with Gasteiger partial charge in [0.1, 0.15) is 11.6 Å². The first kappa shape index (κ1) is 12.1. The Kier molecular flexibility index (Phi) is 3.41. The van der Waals surface area contributed by atoms with Crippen LogP contribution in [0.5, 0.6) is 5.75 Å². The molecular formula is C13H14FN3O2. The number of halogens is 1. The molecule has 0 spiro atoms. The molecule has 1 saturated heterocycles. The highest BCUT2D eigenvalue weighted by atomic mass is 19.1. The van der Waals surface area contributed by atoms with Gasteiger partial charge in [-0.05, 0) is 43.7 Å². The largest absolute Gasteiger partial charge is 0.484 e. The van der Waals surface area contributed by atoms with Crippen LogP contribution in [-0.4, -0.2) is 16.7 Å². The molecule has 5 nitrogen and oxygen atoms in total. The minimum atomic E-state index is -0.292. The van der Waals surface area contributed by atoms with Gasteiger partial charge in [0, 0.05) is 0 Å². The SMILES string of the molecule is Fc1ccc(OCc2nc([C@@H]3CCCN3)no2)cc1. The molecule has 2 heterocycles. The first-order valence-corrected chi connectivity index (χ1v) is 6.25. The van der Waals surface area contributed by atoms with Crippen molar-refractivity contribution in [3.05, 3.63) is 41.8 Å². The van der Waals surface area contributed by atoms with E-state index in [1.54, 1.807) is 12.1 Å². The molecule has 0 bridgehead atoms. The number of nitrogens with zero attached hydrogens (tertiary/aromatic N) is 2. The summed E-state index contributed by atoms with van der Waals surface area (Å²) in [6.07, 6.45) is 2.15. The van der Waals surface area contributed by atoms with Crippen molar-refractivity contribution in [1.82, 2.24) is 15.5 Å². The van der Waals surface area contributed by atoms with Crippen molar-refractivity contribution in [3.8, 4) is 5.75 Å². The van der Waals surface area contributed by atoms with Crippen LogP contribution in [-0.2, 0) is 6.61 Å². The first-order chi connectivity index (χ1) is 9.31. The molecule has 6 heteroatoms. The molecule has 1 aromatic carbocycles. The summed E-state index contributed by atoms with van der Waals surface area (Å²) in [5, 5.41) is 7.23. The van der Waals surface area contributed by atoms with Crippen molar-refractivity contribution in [2.45, 2.75) is 25.5 Å². The summed E-state index contributed by atoms with van der Waals surface area (Å²) in [5.74, 6) is 1.38. The van der Waals surface area contributed by atoms with Crippen LogP contribution in [0.25, 0.3) is 0 Å². The molecule has 1 aliphatic rings. The Morgan fingerprint density at radius 1 is 1.37 bits per heavy atom. The topological polar surface area (TPSA) is 60.2 Å². The molecule has 0 aliphatic carbocycles. The maximum atomic E-state index is 12.7. The molecule has 0 amide bonds. The molecule has 1 aliphatic heterocycles. The van der Waals surface area contributed by atoms with Crippen LogP contribution in [0.2, 0.25) is 0 Å². The fraction of sp³-hybridized carbons (Fsp3) is 0.385. The fourth-order valence-corrected chi connectivity index (χ4v) is 2.05. The minimum Gasteiger partial charge on any atom is -0.484 e.